The Bertz CT molecular complexity index is 650. The molecular formula is C14H15Cl2N3O. The molecule has 0 saturated carbocycles. The number of amides is 1. The van der Waals surface area contributed by atoms with Gasteiger partial charge in [0.25, 0.3) is 5.91 Å². The summed E-state index contributed by atoms with van der Waals surface area (Å²) in [6, 6.07) is 6.75. The fourth-order valence-corrected chi connectivity index (χ4v) is 2.23. The van der Waals surface area contributed by atoms with Crippen LogP contribution in [0.15, 0.2) is 24.3 Å². The van der Waals surface area contributed by atoms with Gasteiger partial charge in [0.05, 0.1) is 16.3 Å². The highest BCUT2D eigenvalue weighted by molar-refractivity contribution is 6.36. The van der Waals surface area contributed by atoms with E-state index in [0.29, 0.717) is 21.4 Å². The van der Waals surface area contributed by atoms with Gasteiger partial charge in [-0.15, -0.1) is 0 Å². The standard InChI is InChI=1S/C14H15Cl2N3O/c1-8(2)19-13(6-9(3)18-19)17-14(20)11-7-10(15)4-5-12(11)16/h4-8H,1-3H3,(H,17,20). The number of halogens is 2. The molecule has 0 fully saturated rings. The van der Waals surface area contributed by atoms with Gasteiger partial charge < -0.3 is 5.32 Å². The van der Waals surface area contributed by atoms with Crippen LogP contribution in [0.5, 0.6) is 0 Å². The second-order valence-corrected chi connectivity index (χ2v) is 5.63. The second kappa shape index (κ2) is 5.85. The molecule has 0 unspecified atom stereocenters. The topological polar surface area (TPSA) is 46.9 Å². The number of carbonyl (C=O) groups is 1. The van der Waals surface area contributed by atoms with E-state index in [9.17, 15) is 4.79 Å². The largest absolute Gasteiger partial charge is 0.307 e. The van der Waals surface area contributed by atoms with E-state index < -0.39 is 0 Å². The van der Waals surface area contributed by atoms with Gasteiger partial charge in [0.1, 0.15) is 5.82 Å². The van der Waals surface area contributed by atoms with Crippen molar-refractivity contribution in [3.63, 3.8) is 0 Å². The van der Waals surface area contributed by atoms with Crippen LogP contribution < -0.4 is 5.32 Å². The summed E-state index contributed by atoms with van der Waals surface area (Å²) >= 11 is 11.9. The predicted molar refractivity (Wildman–Crippen MR) is 81.8 cm³/mol. The van der Waals surface area contributed by atoms with Gasteiger partial charge in [-0.2, -0.15) is 5.10 Å². The van der Waals surface area contributed by atoms with Gasteiger partial charge in [0.2, 0.25) is 0 Å². The lowest BCUT2D eigenvalue weighted by molar-refractivity contribution is 0.102. The Morgan fingerprint density at radius 3 is 2.65 bits per heavy atom. The summed E-state index contributed by atoms with van der Waals surface area (Å²) in [5.41, 5.74) is 1.18. The van der Waals surface area contributed by atoms with E-state index in [-0.39, 0.29) is 11.9 Å². The fourth-order valence-electron chi connectivity index (χ4n) is 1.86. The highest BCUT2D eigenvalue weighted by Crippen LogP contribution is 2.23. The lowest BCUT2D eigenvalue weighted by Crippen LogP contribution is -2.17. The summed E-state index contributed by atoms with van der Waals surface area (Å²) in [4.78, 5) is 12.3. The van der Waals surface area contributed by atoms with Crippen LogP contribution in [0.25, 0.3) is 0 Å². The monoisotopic (exact) mass is 311 g/mol. The molecule has 0 aliphatic rings. The number of hydrogen-bond donors (Lipinski definition) is 1. The molecule has 0 atom stereocenters. The van der Waals surface area contributed by atoms with Crippen molar-refractivity contribution in [2.24, 2.45) is 0 Å². The maximum Gasteiger partial charge on any atom is 0.258 e. The average Bonchev–Trinajstić information content (AvgIpc) is 2.73. The number of hydrogen-bond acceptors (Lipinski definition) is 2. The number of benzene rings is 1. The van der Waals surface area contributed by atoms with E-state index >= 15 is 0 Å². The zero-order valence-corrected chi connectivity index (χ0v) is 13.0. The third kappa shape index (κ3) is 3.14. The van der Waals surface area contributed by atoms with Gasteiger partial charge in [-0.3, -0.25) is 4.79 Å². The van der Waals surface area contributed by atoms with Gasteiger partial charge in [0.15, 0.2) is 0 Å². The minimum Gasteiger partial charge on any atom is -0.307 e. The van der Waals surface area contributed by atoms with Gasteiger partial charge >= 0.3 is 0 Å². The maximum atomic E-state index is 12.3. The molecule has 1 N–H and O–H groups in total. The summed E-state index contributed by atoms with van der Waals surface area (Å²) in [5, 5.41) is 7.98. The Hall–Kier alpha value is -1.52. The number of nitrogens with zero attached hydrogens (tertiary/aromatic N) is 2. The molecule has 20 heavy (non-hydrogen) atoms. The lowest BCUT2D eigenvalue weighted by atomic mass is 10.2. The third-order valence-electron chi connectivity index (χ3n) is 2.76. The Kier molecular flexibility index (Phi) is 4.35. The normalized spacial score (nSPS) is 10.9. The zero-order chi connectivity index (χ0) is 14.9. The molecule has 1 aromatic heterocycles. The van der Waals surface area contributed by atoms with Crippen LogP contribution >= 0.6 is 23.2 Å². The summed E-state index contributed by atoms with van der Waals surface area (Å²) < 4.78 is 1.76. The number of nitrogens with one attached hydrogen (secondary N) is 1. The minimum atomic E-state index is -0.306. The highest BCUT2D eigenvalue weighted by atomic mass is 35.5. The van der Waals surface area contributed by atoms with E-state index in [1.807, 2.05) is 26.8 Å². The van der Waals surface area contributed by atoms with Crippen LogP contribution in [0.4, 0.5) is 5.82 Å². The van der Waals surface area contributed by atoms with Crippen LogP contribution in [0.1, 0.15) is 35.9 Å². The molecule has 2 rings (SSSR count). The molecule has 2 aromatic rings. The molecule has 0 bridgehead atoms. The number of anilines is 1. The van der Waals surface area contributed by atoms with Crippen molar-refractivity contribution in [1.29, 1.82) is 0 Å². The first-order chi connectivity index (χ1) is 9.38. The number of aromatic nitrogens is 2. The maximum absolute atomic E-state index is 12.3. The van der Waals surface area contributed by atoms with Crippen molar-refractivity contribution in [1.82, 2.24) is 9.78 Å². The number of rotatable bonds is 3. The van der Waals surface area contributed by atoms with Crippen molar-refractivity contribution < 1.29 is 4.79 Å². The zero-order valence-electron chi connectivity index (χ0n) is 11.4. The quantitative estimate of drug-likeness (QED) is 0.917. The van der Waals surface area contributed by atoms with Gasteiger partial charge in [-0.25, -0.2) is 4.68 Å². The molecule has 0 radical (unpaired) electrons. The first-order valence-electron chi connectivity index (χ1n) is 6.21. The first kappa shape index (κ1) is 14.9. The van der Waals surface area contributed by atoms with E-state index in [2.05, 4.69) is 10.4 Å². The van der Waals surface area contributed by atoms with Crippen molar-refractivity contribution in [3.8, 4) is 0 Å². The Morgan fingerprint density at radius 2 is 2.00 bits per heavy atom. The van der Waals surface area contributed by atoms with Crippen LogP contribution in [-0.2, 0) is 0 Å². The molecule has 0 saturated heterocycles. The fraction of sp³-hybridized carbons (Fsp3) is 0.286. The van der Waals surface area contributed by atoms with Crippen LogP contribution in [0.3, 0.4) is 0 Å². The highest BCUT2D eigenvalue weighted by Gasteiger charge is 2.15. The van der Waals surface area contributed by atoms with E-state index in [0.717, 1.165) is 5.69 Å². The Labute approximate surface area is 127 Å². The second-order valence-electron chi connectivity index (χ2n) is 4.79. The molecule has 0 spiro atoms. The molecule has 4 nitrogen and oxygen atoms in total. The molecule has 6 heteroatoms. The van der Waals surface area contributed by atoms with E-state index in [1.54, 1.807) is 22.9 Å². The van der Waals surface area contributed by atoms with Crippen LogP contribution in [0.2, 0.25) is 10.0 Å². The van der Waals surface area contributed by atoms with Crippen molar-refractivity contribution in [2.45, 2.75) is 26.8 Å². The molecule has 1 amide bonds. The van der Waals surface area contributed by atoms with Crippen molar-refractivity contribution in [2.75, 3.05) is 5.32 Å². The lowest BCUT2D eigenvalue weighted by Gasteiger charge is -2.12. The number of aryl methyl sites for hydroxylation is 1. The van der Waals surface area contributed by atoms with Gasteiger partial charge in [0, 0.05) is 17.1 Å². The molecule has 1 heterocycles. The average molecular weight is 312 g/mol. The molecule has 0 aliphatic carbocycles. The SMILES string of the molecule is Cc1cc(NC(=O)c2cc(Cl)ccc2Cl)n(C(C)C)n1. The van der Waals surface area contributed by atoms with Gasteiger partial charge in [-0.1, -0.05) is 23.2 Å². The Morgan fingerprint density at radius 1 is 1.30 bits per heavy atom. The first-order valence-corrected chi connectivity index (χ1v) is 6.96. The van der Waals surface area contributed by atoms with E-state index in [1.165, 1.54) is 0 Å². The van der Waals surface area contributed by atoms with Crippen LogP contribution in [0, 0.1) is 6.92 Å². The summed E-state index contributed by atoms with van der Waals surface area (Å²) in [7, 11) is 0. The molecule has 106 valence electrons. The molecule has 0 aliphatic heterocycles. The molecule has 1 aromatic carbocycles. The Balaban J connectivity index is 2.30. The van der Waals surface area contributed by atoms with Crippen molar-refractivity contribution in [3.05, 3.63) is 45.6 Å². The third-order valence-corrected chi connectivity index (χ3v) is 3.33. The summed E-state index contributed by atoms with van der Waals surface area (Å²) in [5.74, 6) is 0.331. The smallest absolute Gasteiger partial charge is 0.258 e. The van der Waals surface area contributed by atoms with Gasteiger partial charge in [-0.05, 0) is 39.0 Å². The molecular weight excluding hydrogens is 297 g/mol. The van der Waals surface area contributed by atoms with E-state index in [4.69, 9.17) is 23.2 Å². The summed E-state index contributed by atoms with van der Waals surface area (Å²) in [6.45, 7) is 5.86. The summed E-state index contributed by atoms with van der Waals surface area (Å²) in [6.07, 6.45) is 0. The minimum absolute atomic E-state index is 0.147. The predicted octanol–water partition coefficient (Wildman–Crippen LogP) is 4.33. The van der Waals surface area contributed by atoms with Crippen molar-refractivity contribution >= 4 is 34.9 Å². The number of carbonyl (C=O) groups excluding carboxylic acids is 1. The van der Waals surface area contributed by atoms with Crippen LogP contribution in [-0.4, -0.2) is 15.7 Å².